The summed E-state index contributed by atoms with van der Waals surface area (Å²) in [5.74, 6) is 1.47. The molecule has 0 spiro atoms. The van der Waals surface area contributed by atoms with Gasteiger partial charge in [-0.25, -0.2) is 0 Å². The minimum absolute atomic E-state index is 0.677. The fourth-order valence-corrected chi connectivity index (χ4v) is 3.74. The number of thiocarbonyl (C=S) groups is 1. The smallest absolute Gasteiger partial charge is 0.162 e. The van der Waals surface area contributed by atoms with Gasteiger partial charge in [0.15, 0.2) is 5.76 Å². The van der Waals surface area contributed by atoms with Crippen LogP contribution >= 0.6 is 23.8 Å². The van der Waals surface area contributed by atoms with Crippen LogP contribution in [-0.2, 0) is 0 Å². The number of anilines is 1. The Hall–Kier alpha value is -2.30. The van der Waals surface area contributed by atoms with Gasteiger partial charge in [0, 0.05) is 37.4 Å². The van der Waals surface area contributed by atoms with Crippen molar-refractivity contribution >= 4 is 34.5 Å². The third-order valence-electron chi connectivity index (χ3n) is 4.64. The Morgan fingerprint density at radius 1 is 0.846 bits per heavy atom. The molecule has 2 aromatic carbocycles. The molecule has 0 aliphatic carbocycles. The highest BCUT2D eigenvalue weighted by atomic mass is 35.5. The van der Waals surface area contributed by atoms with E-state index in [4.69, 9.17) is 28.2 Å². The summed E-state index contributed by atoms with van der Waals surface area (Å²) in [6, 6.07) is 22.0. The van der Waals surface area contributed by atoms with Crippen molar-refractivity contribution < 1.29 is 4.42 Å². The Bertz CT molecular complexity index is 901. The molecule has 3 nitrogen and oxygen atoms in total. The minimum Gasteiger partial charge on any atom is -0.454 e. The molecular weight excluding hydrogens is 364 g/mol. The summed E-state index contributed by atoms with van der Waals surface area (Å²) in [5, 5.41) is 0.677. The molecule has 1 aliphatic heterocycles. The monoisotopic (exact) mass is 382 g/mol. The van der Waals surface area contributed by atoms with E-state index in [0.29, 0.717) is 5.02 Å². The third-order valence-corrected chi connectivity index (χ3v) is 5.43. The van der Waals surface area contributed by atoms with E-state index < -0.39 is 0 Å². The van der Waals surface area contributed by atoms with Crippen LogP contribution in [0.25, 0.3) is 11.3 Å². The molecule has 4 rings (SSSR count). The van der Waals surface area contributed by atoms with Crippen molar-refractivity contribution in [3.8, 4) is 11.3 Å². The van der Waals surface area contributed by atoms with Crippen molar-refractivity contribution in [2.24, 2.45) is 0 Å². The molecule has 0 unspecified atom stereocenters. The van der Waals surface area contributed by atoms with E-state index in [1.165, 1.54) is 5.69 Å². The second kappa shape index (κ2) is 7.52. The summed E-state index contributed by atoms with van der Waals surface area (Å²) < 4.78 is 6.00. The topological polar surface area (TPSA) is 19.6 Å². The molecule has 0 amide bonds. The molecule has 0 N–H and O–H groups in total. The quantitative estimate of drug-likeness (QED) is 0.587. The van der Waals surface area contributed by atoms with Crippen molar-refractivity contribution in [3.05, 3.63) is 77.5 Å². The molecule has 0 radical (unpaired) electrons. The van der Waals surface area contributed by atoms with Crippen LogP contribution in [0, 0.1) is 0 Å². The van der Waals surface area contributed by atoms with Gasteiger partial charge in [-0.15, -0.1) is 0 Å². The van der Waals surface area contributed by atoms with Gasteiger partial charge in [-0.3, -0.25) is 0 Å². The van der Waals surface area contributed by atoms with Gasteiger partial charge in [0.1, 0.15) is 10.7 Å². The second-order valence-corrected chi connectivity index (χ2v) is 7.05. The highest BCUT2D eigenvalue weighted by Gasteiger charge is 2.22. The van der Waals surface area contributed by atoms with Gasteiger partial charge < -0.3 is 14.2 Å². The fraction of sp³-hybridized carbons (Fsp3) is 0.190. The van der Waals surface area contributed by atoms with Crippen LogP contribution in [0.1, 0.15) is 5.76 Å². The van der Waals surface area contributed by atoms with Crippen molar-refractivity contribution in [1.82, 2.24) is 4.90 Å². The number of hydrogen-bond acceptors (Lipinski definition) is 3. The van der Waals surface area contributed by atoms with Gasteiger partial charge in [0.2, 0.25) is 0 Å². The number of rotatable bonds is 3. The highest BCUT2D eigenvalue weighted by Crippen LogP contribution is 2.29. The molecule has 132 valence electrons. The molecule has 3 aromatic rings. The molecule has 1 fully saturated rings. The fourth-order valence-electron chi connectivity index (χ4n) is 3.22. The highest BCUT2D eigenvalue weighted by molar-refractivity contribution is 7.80. The van der Waals surface area contributed by atoms with Gasteiger partial charge in [-0.2, -0.15) is 0 Å². The number of halogens is 1. The lowest BCUT2D eigenvalue weighted by Gasteiger charge is -2.37. The van der Waals surface area contributed by atoms with Crippen molar-refractivity contribution in [3.63, 3.8) is 0 Å². The molecule has 2 heterocycles. The minimum atomic E-state index is 0.677. The number of nitrogens with zero attached hydrogens (tertiary/aromatic N) is 2. The molecule has 0 bridgehead atoms. The zero-order chi connectivity index (χ0) is 17.9. The van der Waals surface area contributed by atoms with Crippen LogP contribution in [0.2, 0.25) is 5.02 Å². The average Bonchev–Trinajstić information content (AvgIpc) is 3.18. The van der Waals surface area contributed by atoms with E-state index in [-0.39, 0.29) is 0 Å². The largest absolute Gasteiger partial charge is 0.454 e. The van der Waals surface area contributed by atoms with E-state index in [1.807, 2.05) is 42.5 Å². The van der Waals surface area contributed by atoms with Crippen LogP contribution in [0.4, 0.5) is 5.69 Å². The summed E-state index contributed by atoms with van der Waals surface area (Å²) in [6.45, 7) is 3.66. The number of piperazine rings is 1. The number of benzene rings is 2. The van der Waals surface area contributed by atoms with Gasteiger partial charge >= 0.3 is 0 Å². The number of hydrogen-bond donors (Lipinski definition) is 0. The molecule has 0 saturated carbocycles. The summed E-state index contributed by atoms with van der Waals surface area (Å²) >= 11 is 11.9. The van der Waals surface area contributed by atoms with Crippen LogP contribution in [0.3, 0.4) is 0 Å². The van der Waals surface area contributed by atoms with Gasteiger partial charge in [-0.05, 0) is 36.4 Å². The predicted octanol–water partition coefficient (Wildman–Crippen LogP) is 5.10. The summed E-state index contributed by atoms with van der Waals surface area (Å²) in [6.07, 6.45) is 0. The lowest BCUT2D eigenvalue weighted by molar-refractivity contribution is 0.385. The van der Waals surface area contributed by atoms with Crippen LogP contribution < -0.4 is 4.90 Å². The van der Waals surface area contributed by atoms with Crippen LogP contribution in [0.15, 0.2) is 71.1 Å². The Kier molecular flexibility index (Phi) is 4.96. The molecule has 1 aromatic heterocycles. The first-order valence-electron chi connectivity index (χ1n) is 8.66. The van der Waals surface area contributed by atoms with E-state index in [2.05, 4.69) is 34.1 Å². The van der Waals surface area contributed by atoms with Crippen LogP contribution in [0.5, 0.6) is 0 Å². The van der Waals surface area contributed by atoms with Crippen molar-refractivity contribution in [2.75, 3.05) is 31.1 Å². The lowest BCUT2D eigenvalue weighted by Crippen LogP contribution is -2.48. The van der Waals surface area contributed by atoms with Gasteiger partial charge in [0.05, 0.1) is 5.02 Å². The van der Waals surface area contributed by atoms with E-state index in [1.54, 1.807) is 0 Å². The first kappa shape index (κ1) is 17.1. The molecule has 1 aliphatic rings. The maximum Gasteiger partial charge on any atom is 0.162 e. The second-order valence-electron chi connectivity index (χ2n) is 6.26. The Morgan fingerprint density at radius 2 is 1.54 bits per heavy atom. The molecule has 5 heteroatoms. The summed E-state index contributed by atoms with van der Waals surface area (Å²) in [5.41, 5.74) is 2.15. The molecular formula is C21H19ClN2OS. The third kappa shape index (κ3) is 3.48. The van der Waals surface area contributed by atoms with Gasteiger partial charge in [-0.1, -0.05) is 54.2 Å². The Morgan fingerprint density at radius 3 is 2.27 bits per heavy atom. The standard InChI is InChI=1S/C21H19ClN2OS/c22-18-9-5-4-8-17(18)19-10-11-20(25-19)21(26)24-14-12-23(13-15-24)16-6-2-1-3-7-16/h1-11H,12-15H2. The number of para-hydroxylation sites is 1. The predicted molar refractivity (Wildman–Crippen MR) is 111 cm³/mol. The zero-order valence-electron chi connectivity index (χ0n) is 14.3. The Labute approximate surface area is 163 Å². The Balaban J connectivity index is 1.44. The first-order valence-corrected chi connectivity index (χ1v) is 9.45. The van der Waals surface area contributed by atoms with E-state index in [0.717, 1.165) is 48.3 Å². The van der Waals surface area contributed by atoms with Crippen molar-refractivity contribution in [1.29, 1.82) is 0 Å². The molecule has 0 atom stereocenters. The normalized spacial score (nSPS) is 14.5. The maximum atomic E-state index is 6.26. The van der Waals surface area contributed by atoms with Crippen molar-refractivity contribution in [2.45, 2.75) is 0 Å². The SMILES string of the molecule is S=C(c1ccc(-c2ccccc2Cl)o1)N1CCN(c2ccccc2)CC1. The van der Waals surface area contributed by atoms with E-state index >= 15 is 0 Å². The van der Waals surface area contributed by atoms with Crippen LogP contribution in [-0.4, -0.2) is 36.1 Å². The average molecular weight is 383 g/mol. The summed E-state index contributed by atoms with van der Waals surface area (Å²) in [4.78, 5) is 5.36. The molecule has 1 saturated heterocycles. The van der Waals surface area contributed by atoms with Gasteiger partial charge in [0.25, 0.3) is 0 Å². The first-order chi connectivity index (χ1) is 12.7. The lowest BCUT2D eigenvalue weighted by atomic mass is 10.2. The number of furan rings is 1. The zero-order valence-corrected chi connectivity index (χ0v) is 15.8. The molecule has 26 heavy (non-hydrogen) atoms. The van der Waals surface area contributed by atoms with E-state index in [9.17, 15) is 0 Å². The maximum absolute atomic E-state index is 6.26. The summed E-state index contributed by atoms with van der Waals surface area (Å²) in [7, 11) is 0.